The molecule has 0 aliphatic rings. The maximum atomic E-state index is 10.8. The van der Waals surface area contributed by atoms with Gasteiger partial charge in [0.15, 0.2) is 0 Å². The molecule has 1 N–H and O–H groups in total. The van der Waals surface area contributed by atoms with Crippen LogP contribution in [0.3, 0.4) is 0 Å². The van der Waals surface area contributed by atoms with Gasteiger partial charge >= 0.3 is 0 Å². The Hall–Kier alpha value is -0.380. The zero-order chi connectivity index (χ0) is 8.69. The van der Waals surface area contributed by atoms with E-state index < -0.39 is 10.8 Å². The summed E-state index contributed by atoms with van der Waals surface area (Å²) in [6.45, 7) is 4.21. The van der Waals surface area contributed by atoms with Gasteiger partial charge in [-0.15, -0.1) is 0 Å². The number of carbonyl (C=O) groups is 1. The molecule has 1 atom stereocenters. The van der Waals surface area contributed by atoms with Crippen molar-refractivity contribution in [1.29, 1.82) is 0 Å². The van der Waals surface area contributed by atoms with E-state index in [2.05, 4.69) is 5.32 Å². The summed E-state index contributed by atoms with van der Waals surface area (Å²) in [6, 6.07) is 0. The predicted molar refractivity (Wildman–Crippen MR) is 46.9 cm³/mol. The Labute approximate surface area is 70.0 Å². The molecule has 0 saturated carbocycles. The molecule has 0 spiro atoms. The number of amides is 1. The van der Waals surface area contributed by atoms with Crippen LogP contribution in [-0.4, -0.2) is 28.2 Å². The first kappa shape index (κ1) is 10.6. The SMILES string of the molecule is CCC(=O)NCCS(=O)CC. The Bertz CT molecular complexity index is 131. The summed E-state index contributed by atoms with van der Waals surface area (Å²) < 4.78 is 10.8. The second kappa shape index (κ2) is 6.34. The first-order valence-electron chi connectivity index (χ1n) is 3.82. The zero-order valence-electron chi connectivity index (χ0n) is 7.05. The standard InChI is InChI=1S/C7H15NO2S/c1-3-7(9)8-5-6-11(10)4-2/h3-6H2,1-2H3,(H,8,9). The first-order chi connectivity index (χ1) is 5.20. The van der Waals surface area contributed by atoms with Crippen LogP contribution in [0.2, 0.25) is 0 Å². The van der Waals surface area contributed by atoms with Gasteiger partial charge in [0.05, 0.1) is 0 Å². The topological polar surface area (TPSA) is 46.2 Å². The quantitative estimate of drug-likeness (QED) is 0.655. The lowest BCUT2D eigenvalue weighted by Crippen LogP contribution is -2.27. The molecular formula is C7H15NO2S. The molecule has 0 aromatic heterocycles. The Balaban J connectivity index is 3.27. The van der Waals surface area contributed by atoms with Gasteiger partial charge < -0.3 is 5.32 Å². The summed E-state index contributed by atoms with van der Waals surface area (Å²) in [7, 11) is -0.760. The largest absolute Gasteiger partial charge is 0.355 e. The molecule has 3 nitrogen and oxygen atoms in total. The van der Waals surface area contributed by atoms with Crippen LogP contribution in [0.15, 0.2) is 0 Å². The van der Waals surface area contributed by atoms with Crippen LogP contribution in [0.25, 0.3) is 0 Å². The molecule has 66 valence electrons. The van der Waals surface area contributed by atoms with Crippen molar-refractivity contribution in [2.24, 2.45) is 0 Å². The minimum Gasteiger partial charge on any atom is -0.355 e. The summed E-state index contributed by atoms with van der Waals surface area (Å²) in [6.07, 6.45) is 0.499. The Kier molecular flexibility index (Phi) is 6.12. The fraction of sp³-hybridized carbons (Fsp3) is 0.857. The van der Waals surface area contributed by atoms with Gasteiger partial charge in [0.25, 0.3) is 0 Å². The van der Waals surface area contributed by atoms with Gasteiger partial charge in [-0.1, -0.05) is 13.8 Å². The molecule has 1 amide bonds. The van der Waals surface area contributed by atoms with Gasteiger partial charge in [-0.05, 0) is 0 Å². The van der Waals surface area contributed by atoms with Gasteiger partial charge in [-0.25, -0.2) is 0 Å². The van der Waals surface area contributed by atoms with E-state index in [1.807, 2.05) is 6.92 Å². The van der Waals surface area contributed by atoms with Crippen molar-refractivity contribution in [1.82, 2.24) is 5.32 Å². The summed E-state index contributed by atoms with van der Waals surface area (Å²) in [5, 5.41) is 2.67. The highest BCUT2D eigenvalue weighted by atomic mass is 32.2. The average molecular weight is 177 g/mol. The van der Waals surface area contributed by atoms with E-state index in [1.165, 1.54) is 0 Å². The Morgan fingerprint density at radius 1 is 1.45 bits per heavy atom. The first-order valence-corrected chi connectivity index (χ1v) is 5.31. The van der Waals surface area contributed by atoms with E-state index >= 15 is 0 Å². The van der Waals surface area contributed by atoms with E-state index in [0.717, 1.165) is 0 Å². The van der Waals surface area contributed by atoms with Crippen molar-refractivity contribution in [2.45, 2.75) is 20.3 Å². The van der Waals surface area contributed by atoms with Gasteiger partial charge in [-0.3, -0.25) is 9.00 Å². The lowest BCUT2D eigenvalue weighted by atomic mass is 10.4. The molecule has 0 heterocycles. The zero-order valence-corrected chi connectivity index (χ0v) is 7.87. The second-order valence-corrected chi connectivity index (χ2v) is 4.00. The third-order valence-electron chi connectivity index (χ3n) is 1.29. The summed E-state index contributed by atoms with van der Waals surface area (Å²) >= 11 is 0. The highest BCUT2D eigenvalue weighted by Crippen LogP contribution is 1.80. The van der Waals surface area contributed by atoms with Crippen molar-refractivity contribution in [3.05, 3.63) is 0 Å². The van der Waals surface area contributed by atoms with E-state index in [-0.39, 0.29) is 5.91 Å². The van der Waals surface area contributed by atoms with Crippen LogP contribution in [0.4, 0.5) is 0 Å². The van der Waals surface area contributed by atoms with Crippen LogP contribution < -0.4 is 5.32 Å². The fourth-order valence-corrected chi connectivity index (χ4v) is 1.19. The van der Waals surface area contributed by atoms with Crippen LogP contribution in [0.5, 0.6) is 0 Å². The van der Waals surface area contributed by atoms with Crippen molar-refractivity contribution < 1.29 is 9.00 Å². The van der Waals surface area contributed by atoms with Crippen LogP contribution >= 0.6 is 0 Å². The van der Waals surface area contributed by atoms with Gasteiger partial charge in [0.2, 0.25) is 5.91 Å². The van der Waals surface area contributed by atoms with Crippen molar-refractivity contribution in [3.8, 4) is 0 Å². The van der Waals surface area contributed by atoms with Crippen LogP contribution in [0, 0.1) is 0 Å². The Morgan fingerprint density at radius 3 is 2.55 bits per heavy atom. The van der Waals surface area contributed by atoms with E-state index in [1.54, 1.807) is 6.92 Å². The van der Waals surface area contributed by atoms with Gasteiger partial charge in [-0.2, -0.15) is 0 Å². The van der Waals surface area contributed by atoms with E-state index in [0.29, 0.717) is 24.5 Å². The summed E-state index contributed by atoms with van der Waals surface area (Å²) in [5.74, 6) is 1.27. The average Bonchev–Trinajstić information content (AvgIpc) is 2.04. The number of rotatable bonds is 5. The highest BCUT2D eigenvalue weighted by Gasteiger charge is 1.97. The number of hydrogen-bond donors (Lipinski definition) is 1. The molecular weight excluding hydrogens is 162 g/mol. The van der Waals surface area contributed by atoms with Crippen molar-refractivity contribution in [3.63, 3.8) is 0 Å². The van der Waals surface area contributed by atoms with Gasteiger partial charge in [0.1, 0.15) is 0 Å². The normalized spacial score (nSPS) is 12.5. The number of nitrogens with one attached hydrogen (secondary N) is 1. The molecule has 0 aliphatic carbocycles. The van der Waals surface area contributed by atoms with Crippen LogP contribution in [0.1, 0.15) is 20.3 Å². The van der Waals surface area contributed by atoms with Crippen LogP contribution in [-0.2, 0) is 15.6 Å². The fourth-order valence-electron chi connectivity index (χ4n) is 0.574. The lowest BCUT2D eigenvalue weighted by molar-refractivity contribution is -0.120. The van der Waals surface area contributed by atoms with Crippen molar-refractivity contribution >= 4 is 16.7 Å². The maximum Gasteiger partial charge on any atom is 0.219 e. The van der Waals surface area contributed by atoms with E-state index in [4.69, 9.17) is 0 Å². The monoisotopic (exact) mass is 177 g/mol. The molecule has 0 aliphatic heterocycles. The minimum absolute atomic E-state index is 0.0260. The molecule has 0 bridgehead atoms. The summed E-state index contributed by atoms with van der Waals surface area (Å²) in [4.78, 5) is 10.7. The number of carbonyl (C=O) groups excluding carboxylic acids is 1. The summed E-state index contributed by atoms with van der Waals surface area (Å²) in [5.41, 5.74) is 0. The molecule has 0 saturated heterocycles. The molecule has 0 aromatic rings. The third-order valence-corrected chi connectivity index (χ3v) is 2.60. The second-order valence-electron chi connectivity index (χ2n) is 2.14. The minimum atomic E-state index is -0.760. The molecule has 4 heteroatoms. The number of hydrogen-bond acceptors (Lipinski definition) is 2. The lowest BCUT2D eigenvalue weighted by Gasteiger charge is -2.01. The van der Waals surface area contributed by atoms with E-state index in [9.17, 15) is 9.00 Å². The molecule has 0 radical (unpaired) electrons. The molecule has 0 aromatic carbocycles. The molecule has 0 rings (SSSR count). The maximum absolute atomic E-state index is 10.8. The molecule has 11 heavy (non-hydrogen) atoms. The smallest absolute Gasteiger partial charge is 0.219 e. The predicted octanol–water partition coefficient (Wildman–Crippen LogP) is 0.281. The van der Waals surface area contributed by atoms with Crippen molar-refractivity contribution in [2.75, 3.05) is 18.1 Å². The Morgan fingerprint density at radius 2 is 2.09 bits per heavy atom. The third kappa shape index (κ3) is 6.04. The molecule has 1 unspecified atom stereocenters. The molecule has 0 fully saturated rings. The van der Waals surface area contributed by atoms with Gasteiger partial charge in [0, 0.05) is 35.3 Å². The highest BCUT2D eigenvalue weighted by molar-refractivity contribution is 7.84.